The Morgan fingerprint density at radius 1 is 1.27 bits per heavy atom. The number of fused-ring (bicyclic) bond motifs is 1. The van der Waals surface area contributed by atoms with Crippen molar-refractivity contribution in [1.82, 2.24) is 4.90 Å². The summed E-state index contributed by atoms with van der Waals surface area (Å²) in [5.74, 6) is -2.47. The van der Waals surface area contributed by atoms with Crippen LogP contribution in [0.3, 0.4) is 0 Å². The van der Waals surface area contributed by atoms with E-state index in [1.807, 2.05) is 20.8 Å². The number of hydrogen-bond acceptors (Lipinski definition) is 6. The SMILES string of the molecule is C=CCOC(=O)[C@H]1[C@H]2C(=O)N([C@@H](CO)C(C)C)C(C(=O)N(CC=C)c3ccc(Cl)cc3)C23CC[C@]1(C)S3. The van der Waals surface area contributed by atoms with Gasteiger partial charge in [0.15, 0.2) is 0 Å². The first-order valence-corrected chi connectivity index (χ1v) is 13.8. The Labute approximate surface area is 227 Å². The van der Waals surface area contributed by atoms with Crippen LogP contribution in [0, 0.1) is 17.8 Å². The number of anilines is 1. The third kappa shape index (κ3) is 4.41. The Balaban J connectivity index is 1.84. The van der Waals surface area contributed by atoms with Crippen LogP contribution in [0.4, 0.5) is 5.69 Å². The van der Waals surface area contributed by atoms with Crippen LogP contribution < -0.4 is 4.90 Å². The average Bonchev–Trinajstić information content (AvgIpc) is 3.43. The van der Waals surface area contributed by atoms with Crippen LogP contribution in [0.2, 0.25) is 5.02 Å². The van der Waals surface area contributed by atoms with Crippen molar-refractivity contribution in [3.63, 3.8) is 0 Å². The van der Waals surface area contributed by atoms with Gasteiger partial charge in [-0.2, -0.15) is 0 Å². The molecule has 1 spiro atoms. The Morgan fingerprint density at radius 2 is 1.95 bits per heavy atom. The van der Waals surface area contributed by atoms with E-state index in [2.05, 4.69) is 13.2 Å². The highest BCUT2D eigenvalue weighted by atomic mass is 35.5. The van der Waals surface area contributed by atoms with Gasteiger partial charge in [-0.1, -0.05) is 44.2 Å². The van der Waals surface area contributed by atoms with Gasteiger partial charge in [-0.15, -0.1) is 18.3 Å². The first kappa shape index (κ1) is 27.7. The van der Waals surface area contributed by atoms with Crippen molar-refractivity contribution in [3.05, 3.63) is 54.6 Å². The van der Waals surface area contributed by atoms with E-state index in [1.54, 1.807) is 51.9 Å². The fraction of sp³-hybridized carbons (Fsp3) is 0.536. The first-order valence-electron chi connectivity index (χ1n) is 12.6. The predicted molar refractivity (Wildman–Crippen MR) is 146 cm³/mol. The molecule has 3 heterocycles. The highest BCUT2D eigenvalue weighted by Gasteiger charge is 2.78. The molecule has 37 heavy (non-hydrogen) atoms. The molecule has 0 saturated carbocycles. The zero-order chi connectivity index (χ0) is 27.1. The molecule has 1 aromatic rings. The third-order valence-corrected chi connectivity index (χ3v) is 10.3. The van der Waals surface area contributed by atoms with Crippen molar-refractivity contribution in [1.29, 1.82) is 0 Å². The maximum absolute atomic E-state index is 14.5. The lowest BCUT2D eigenvalue weighted by Crippen LogP contribution is -2.58. The molecular weight excluding hydrogens is 512 g/mol. The Morgan fingerprint density at radius 3 is 2.51 bits per heavy atom. The molecule has 2 bridgehead atoms. The quantitative estimate of drug-likeness (QED) is 0.351. The zero-order valence-corrected chi connectivity index (χ0v) is 23.1. The molecule has 3 aliphatic rings. The number of benzene rings is 1. The van der Waals surface area contributed by atoms with Crippen LogP contribution in [-0.2, 0) is 19.1 Å². The molecule has 0 aromatic heterocycles. The fourth-order valence-electron chi connectivity index (χ4n) is 6.43. The fourth-order valence-corrected chi connectivity index (χ4v) is 8.88. The van der Waals surface area contributed by atoms with Crippen molar-refractivity contribution < 1.29 is 24.2 Å². The summed E-state index contributed by atoms with van der Waals surface area (Å²) in [7, 11) is 0. The second kappa shape index (κ2) is 10.5. The van der Waals surface area contributed by atoms with Gasteiger partial charge in [0.1, 0.15) is 12.6 Å². The number of thioether (sulfide) groups is 1. The maximum Gasteiger partial charge on any atom is 0.311 e. The number of amides is 2. The molecule has 3 fully saturated rings. The maximum atomic E-state index is 14.5. The molecule has 2 unspecified atom stereocenters. The number of nitrogens with zero attached hydrogens (tertiary/aromatic N) is 2. The van der Waals surface area contributed by atoms with Gasteiger partial charge >= 0.3 is 5.97 Å². The Hall–Kier alpha value is -2.29. The van der Waals surface area contributed by atoms with Crippen LogP contribution >= 0.6 is 23.4 Å². The topological polar surface area (TPSA) is 87.1 Å². The van der Waals surface area contributed by atoms with E-state index in [4.69, 9.17) is 16.3 Å². The summed E-state index contributed by atoms with van der Waals surface area (Å²) in [6, 6.07) is 5.53. The summed E-state index contributed by atoms with van der Waals surface area (Å²) in [5, 5.41) is 10.9. The molecule has 6 atom stereocenters. The Bertz CT molecular complexity index is 1090. The summed E-state index contributed by atoms with van der Waals surface area (Å²) in [5.41, 5.74) is 0.636. The van der Waals surface area contributed by atoms with Crippen LogP contribution in [-0.4, -0.2) is 69.1 Å². The predicted octanol–water partition coefficient (Wildman–Crippen LogP) is 4.09. The highest BCUT2D eigenvalue weighted by molar-refractivity contribution is 8.02. The van der Waals surface area contributed by atoms with E-state index in [1.165, 1.54) is 6.08 Å². The van der Waals surface area contributed by atoms with Gasteiger partial charge in [-0.3, -0.25) is 14.4 Å². The monoisotopic (exact) mass is 546 g/mol. The molecule has 4 rings (SSSR count). The Kier molecular flexibility index (Phi) is 7.84. The van der Waals surface area contributed by atoms with Crippen molar-refractivity contribution in [3.8, 4) is 0 Å². The smallest absolute Gasteiger partial charge is 0.311 e. The van der Waals surface area contributed by atoms with Gasteiger partial charge in [-0.25, -0.2) is 0 Å². The molecular formula is C28H35ClN2O5S. The molecule has 0 aliphatic carbocycles. The van der Waals surface area contributed by atoms with E-state index < -0.39 is 39.4 Å². The van der Waals surface area contributed by atoms with Crippen molar-refractivity contribution in [2.45, 2.75) is 55.2 Å². The van der Waals surface area contributed by atoms with E-state index in [0.29, 0.717) is 23.6 Å². The summed E-state index contributed by atoms with van der Waals surface area (Å²) in [6.07, 6.45) is 4.44. The van der Waals surface area contributed by atoms with Crippen LogP contribution in [0.25, 0.3) is 0 Å². The molecule has 1 N–H and O–H groups in total. The van der Waals surface area contributed by atoms with Gasteiger partial charge in [-0.05, 0) is 49.9 Å². The van der Waals surface area contributed by atoms with Crippen molar-refractivity contribution >= 4 is 46.8 Å². The molecule has 0 radical (unpaired) electrons. The standard InChI is InChI=1S/C28H35ClN2O5S/c1-6-14-30(19-10-8-18(29)9-11-19)25(34)23-28-13-12-27(5,37-28)22(26(35)36-15-7-2)21(28)24(33)31(23)20(16-32)17(3)4/h6-11,17,20-23,32H,1-2,12-16H2,3-5H3/t20-,21-,22+,23?,27-,28?/m0/s1. The van der Waals surface area contributed by atoms with Crippen LogP contribution in [0.15, 0.2) is 49.6 Å². The van der Waals surface area contributed by atoms with E-state index in [9.17, 15) is 19.5 Å². The lowest BCUT2D eigenvalue weighted by atomic mass is 9.66. The second-order valence-electron chi connectivity index (χ2n) is 10.6. The van der Waals surface area contributed by atoms with Gasteiger partial charge < -0.3 is 19.6 Å². The van der Waals surface area contributed by atoms with Crippen molar-refractivity contribution in [2.75, 3.05) is 24.7 Å². The van der Waals surface area contributed by atoms with Crippen LogP contribution in [0.5, 0.6) is 0 Å². The number of aliphatic hydroxyl groups excluding tert-OH is 1. The number of halogens is 1. The van der Waals surface area contributed by atoms with E-state index in [0.717, 1.165) is 0 Å². The first-order chi connectivity index (χ1) is 17.6. The summed E-state index contributed by atoms with van der Waals surface area (Å²) >= 11 is 7.67. The van der Waals surface area contributed by atoms with E-state index in [-0.39, 0.29) is 37.5 Å². The number of esters is 1. The molecule has 200 valence electrons. The zero-order valence-electron chi connectivity index (χ0n) is 21.6. The van der Waals surface area contributed by atoms with Crippen molar-refractivity contribution in [2.24, 2.45) is 17.8 Å². The molecule has 3 aliphatic heterocycles. The number of aliphatic hydroxyl groups is 1. The van der Waals surface area contributed by atoms with E-state index >= 15 is 0 Å². The van der Waals surface area contributed by atoms with Gasteiger partial charge in [0.2, 0.25) is 5.91 Å². The lowest BCUT2D eigenvalue weighted by Gasteiger charge is -2.40. The molecule has 7 nitrogen and oxygen atoms in total. The normalized spacial score (nSPS) is 30.8. The largest absolute Gasteiger partial charge is 0.461 e. The highest BCUT2D eigenvalue weighted by Crippen LogP contribution is 2.72. The van der Waals surface area contributed by atoms with Crippen LogP contribution in [0.1, 0.15) is 33.6 Å². The average molecular weight is 547 g/mol. The molecule has 3 saturated heterocycles. The number of rotatable bonds is 10. The summed E-state index contributed by atoms with van der Waals surface area (Å²) in [6.45, 7) is 13.3. The van der Waals surface area contributed by atoms with Gasteiger partial charge in [0.05, 0.1) is 29.2 Å². The number of ether oxygens (including phenoxy) is 1. The number of carbonyl (C=O) groups is 3. The van der Waals surface area contributed by atoms with Gasteiger partial charge in [0.25, 0.3) is 5.91 Å². The number of carbonyl (C=O) groups excluding carboxylic acids is 3. The molecule has 1 aromatic carbocycles. The van der Waals surface area contributed by atoms with Gasteiger partial charge in [0, 0.05) is 22.0 Å². The minimum atomic E-state index is -0.857. The minimum Gasteiger partial charge on any atom is -0.461 e. The summed E-state index contributed by atoms with van der Waals surface area (Å²) < 4.78 is 4.13. The summed E-state index contributed by atoms with van der Waals surface area (Å²) in [4.78, 5) is 45.3. The third-order valence-electron chi connectivity index (χ3n) is 8.08. The number of likely N-dealkylation sites (tertiary alicyclic amines) is 1. The number of hydrogen-bond donors (Lipinski definition) is 1. The minimum absolute atomic E-state index is 0.0605. The second-order valence-corrected chi connectivity index (χ2v) is 12.9. The molecule has 9 heteroatoms. The lowest BCUT2D eigenvalue weighted by molar-refractivity contribution is -0.155. The molecule has 2 amide bonds.